The van der Waals surface area contributed by atoms with Crippen molar-refractivity contribution in [2.45, 2.75) is 38.2 Å². The monoisotopic (exact) mass is 255 g/mol. The smallest absolute Gasteiger partial charge is 0.387 e. The van der Waals surface area contributed by atoms with Gasteiger partial charge in [-0.05, 0) is 36.5 Å². The Morgan fingerprint density at radius 1 is 1.33 bits per heavy atom. The normalized spacial score (nSPS) is 27.1. The van der Waals surface area contributed by atoms with E-state index in [1.165, 1.54) is 6.42 Å². The number of hydrogen-bond donors (Lipinski definition) is 1. The number of ether oxygens (including phenoxy) is 1. The average Bonchev–Trinajstić information content (AvgIpc) is 2.30. The predicted molar refractivity (Wildman–Crippen MR) is 66.8 cm³/mol. The van der Waals surface area contributed by atoms with Gasteiger partial charge in [-0.2, -0.15) is 8.78 Å². The standard InChI is InChI=1S/C14H19F2NO/c1-2-10-7-14(8-10,9-17)11-3-5-12(6-4-11)18-13(15)16/h3-6,10,13H,2,7-9,17H2,1H3. The van der Waals surface area contributed by atoms with Crippen molar-refractivity contribution in [2.75, 3.05) is 6.54 Å². The van der Waals surface area contributed by atoms with E-state index in [4.69, 9.17) is 5.73 Å². The summed E-state index contributed by atoms with van der Waals surface area (Å²) in [6.45, 7) is 0.0240. The maximum Gasteiger partial charge on any atom is 0.387 e. The summed E-state index contributed by atoms with van der Waals surface area (Å²) < 4.78 is 28.5. The van der Waals surface area contributed by atoms with E-state index in [0.29, 0.717) is 6.54 Å². The van der Waals surface area contributed by atoms with Crippen LogP contribution in [0.2, 0.25) is 0 Å². The molecule has 0 spiro atoms. The predicted octanol–water partition coefficient (Wildman–Crippen LogP) is 3.30. The van der Waals surface area contributed by atoms with Crippen molar-refractivity contribution in [3.63, 3.8) is 0 Å². The molecule has 0 heterocycles. The summed E-state index contributed by atoms with van der Waals surface area (Å²) in [7, 11) is 0. The molecule has 0 aromatic heterocycles. The second-order valence-electron chi connectivity index (χ2n) is 5.07. The fraction of sp³-hybridized carbons (Fsp3) is 0.571. The Morgan fingerprint density at radius 3 is 2.39 bits per heavy atom. The van der Waals surface area contributed by atoms with E-state index in [0.717, 1.165) is 24.3 Å². The van der Waals surface area contributed by atoms with Crippen molar-refractivity contribution in [3.05, 3.63) is 29.8 Å². The van der Waals surface area contributed by atoms with Gasteiger partial charge in [-0.15, -0.1) is 0 Å². The van der Waals surface area contributed by atoms with Gasteiger partial charge in [0.25, 0.3) is 0 Å². The van der Waals surface area contributed by atoms with Crippen molar-refractivity contribution in [2.24, 2.45) is 11.7 Å². The number of benzene rings is 1. The molecule has 2 rings (SSSR count). The van der Waals surface area contributed by atoms with Gasteiger partial charge in [0, 0.05) is 12.0 Å². The third-order valence-electron chi connectivity index (χ3n) is 4.02. The van der Waals surface area contributed by atoms with Crippen LogP contribution in [0.3, 0.4) is 0 Å². The van der Waals surface area contributed by atoms with Gasteiger partial charge in [-0.1, -0.05) is 25.5 Å². The summed E-state index contributed by atoms with van der Waals surface area (Å²) in [4.78, 5) is 0. The van der Waals surface area contributed by atoms with Gasteiger partial charge in [0.15, 0.2) is 0 Å². The Kier molecular flexibility index (Phi) is 3.85. The lowest BCUT2D eigenvalue weighted by Crippen LogP contribution is -2.46. The van der Waals surface area contributed by atoms with Gasteiger partial charge in [-0.25, -0.2) is 0 Å². The number of alkyl halides is 2. The van der Waals surface area contributed by atoms with Gasteiger partial charge in [0.2, 0.25) is 0 Å². The third-order valence-corrected chi connectivity index (χ3v) is 4.02. The van der Waals surface area contributed by atoms with E-state index in [-0.39, 0.29) is 11.2 Å². The van der Waals surface area contributed by atoms with E-state index < -0.39 is 6.61 Å². The Labute approximate surface area is 106 Å². The molecule has 0 saturated heterocycles. The SMILES string of the molecule is CCC1CC(CN)(c2ccc(OC(F)F)cc2)C1. The summed E-state index contributed by atoms with van der Waals surface area (Å²) in [6, 6.07) is 6.91. The van der Waals surface area contributed by atoms with Gasteiger partial charge < -0.3 is 10.5 Å². The third kappa shape index (κ3) is 2.48. The molecule has 0 radical (unpaired) electrons. The highest BCUT2D eigenvalue weighted by molar-refractivity contribution is 5.35. The summed E-state index contributed by atoms with van der Waals surface area (Å²) in [5.74, 6) is 0.942. The molecule has 1 aliphatic carbocycles. The van der Waals surface area contributed by atoms with Crippen molar-refractivity contribution < 1.29 is 13.5 Å². The van der Waals surface area contributed by atoms with Gasteiger partial charge in [-0.3, -0.25) is 0 Å². The molecular formula is C14H19F2NO. The Balaban J connectivity index is 2.09. The number of nitrogens with two attached hydrogens (primary N) is 1. The van der Waals surface area contributed by atoms with Crippen LogP contribution in [-0.4, -0.2) is 13.2 Å². The van der Waals surface area contributed by atoms with Crippen LogP contribution in [0.1, 0.15) is 31.7 Å². The first-order chi connectivity index (χ1) is 8.59. The van der Waals surface area contributed by atoms with E-state index in [1.807, 2.05) is 12.1 Å². The maximum absolute atomic E-state index is 12.1. The highest BCUT2D eigenvalue weighted by Gasteiger charge is 2.43. The second kappa shape index (κ2) is 5.22. The van der Waals surface area contributed by atoms with Crippen LogP contribution >= 0.6 is 0 Å². The van der Waals surface area contributed by atoms with Crippen LogP contribution in [0.25, 0.3) is 0 Å². The van der Waals surface area contributed by atoms with Crippen LogP contribution in [0, 0.1) is 5.92 Å². The summed E-state index contributed by atoms with van der Waals surface area (Å²) in [5, 5.41) is 0. The highest BCUT2D eigenvalue weighted by atomic mass is 19.3. The second-order valence-corrected chi connectivity index (χ2v) is 5.07. The summed E-state index contributed by atoms with van der Waals surface area (Å²) >= 11 is 0. The Hall–Kier alpha value is -1.16. The molecule has 0 unspecified atom stereocenters. The van der Waals surface area contributed by atoms with E-state index in [9.17, 15) is 8.78 Å². The summed E-state index contributed by atoms with van der Waals surface area (Å²) in [6.07, 6.45) is 3.36. The van der Waals surface area contributed by atoms with Crippen LogP contribution in [0.5, 0.6) is 5.75 Å². The molecule has 1 saturated carbocycles. The van der Waals surface area contributed by atoms with Gasteiger partial charge in [0.05, 0.1) is 0 Å². The lowest BCUT2D eigenvalue weighted by atomic mass is 9.58. The summed E-state index contributed by atoms with van der Waals surface area (Å²) in [5.41, 5.74) is 7.07. The lowest BCUT2D eigenvalue weighted by molar-refractivity contribution is -0.0498. The molecule has 0 bridgehead atoms. The van der Waals surface area contributed by atoms with E-state index in [1.54, 1.807) is 12.1 Å². The zero-order valence-corrected chi connectivity index (χ0v) is 10.5. The van der Waals surface area contributed by atoms with Crippen LogP contribution in [-0.2, 0) is 5.41 Å². The zero-order chi connectivity index (χ0) is 13.2. The van der Waals surface area contributed by atoms with Crippen molar-refractivity contribution >= 4 is 0 Å². The molecule has 100 valence electrons. The van der Waals surface area contributed by atoms with Crippen molar-refractivity contribution in [1.29, 1.82) is 0 Å². The number of hydrogen-bond acceptors (Lipinski definition) is 2. The minimum Gasteiger partial charge on any atom is -0.435 e. The lowest BCUT2D eigenvalue weighted by Gasteiger charge is -2.47. The van der Waals surface area contributed by atoms with Crippen molar-refractivity contribution in [1.82, 2.24) is 0 Å². The van der Waals surface area contributed by atoms with E-state index in [2.05, 4.69) is 11.7 Å². The Bertz CT molecular complexity index is 385. The quantitative estimate of drug-likeness (QED) is 0.876. The molecule has 4 heteroatoms. The fourth-order valence-corrected chi connectivity index (χ4v) is 2.84. The molecule has 18 heavy (non-hydrogen) atoms. The van der Waals surface area contributed by atoms with Gasteiger partial charge in [0.1, 0.15) is 5.75 Å². The molecule has 0 atom stereocenters. The highest BCUT2D eigenvalue weighted by Crippen LogP contribution is 2.48. The molecule has 1 aromatic carbocycles. The topological polar surface area (TPSA) is 35.2 Å². The number of rotatable bonds is 5. The molecule has 1 aliphatic rings. The molecular weight excluding hydrogens is 236 g/mol. The van der Waals surface area contributed by atoms with Crippen LogP contribution < -0.4 is 10.5 Å². The molecule has 0 aliphatic heterocycles. The minimum atomic E-state index is -2.77. The molecule has 2 nitrogen and oxygen atoms in total. The molecule has 1 fully saturated rings. The first-order valence-electron chi connectivity index (χ1n) is 6.35. The molecule has 2 N–H and O–H groups in total. The Morgan fingerprint density at radius 2 is 1.94 bits per heavy atom. The average molecular weight is 255 g/mol. The van der Waals surface area contributed by atoms with Crippen molar-refractivity contribution in [3.8, 4) is 5.75 Å². The fourth-order valence-electron chi connectivity index (χ4n) is 2.84. The van der Waals surface area contributed by atoms with Crippen LogP contribution in [0.15, 0.2) is 24.3 Å². The van der Waals surface area contributed by atoms with Gasteiger partial charge >= 0.3 is 6.61 Å². The first-order valence-corrected chi connectivity index (χ1v) is 6.35. The molecule has 0 amide bonds. The molecule has 1 aromatic rings. The maximum atomic E-state index is 12.1. The number of halogens is 2. The zero-order valence-electron chi connectivity index (χ0n) is 10.5. The first kappa shape index (κ1) is 13.3. The van der Waals surface area contributed by atoms with Crippen LogP contribution in [0.4, 0.5) is 8.78 Å². The van der Waals surface area contributed by atoms with E-state index >= 15 is 0 Å². The minimum absolute atomic E-state index is 0.0457. The largest absolute Gasteiger partial charge is 0.435 e.